The van der Waals surface area contributed by atoms with Gasteiger partial charge in [0, 0.05) is 20.0 Å². The maximum Gasteiger partial charge on any atom is 0.326 e. The van der Waals surface area contributed by atoms with Crippen LogP contribution in [0.25, 0.3) is 0 Å². The van der Waals surface area contributed by atoms with Gasteiger partial charge in [0.25, 0.3) is 5.91 Å². The molecule has 0 aromatic heterocycles. The summed E-state index contributed by atoms with van der Waals surface area (Å²) in [6, 6.07) is 1.56. The van der Waals surface area contributed by atoms with Crippen molar-refractivity contribution in [2.75, 3.05) is 13.1 Å². The van der Waals surface area contributed by atoms with Crippen LogP contribution in [-0.4, -0.2) is 46.9 Å². The highest BCUT2D eigenvalue weighted by Gasteiger charge is 2.28. The van der Waals surface area contributed by atoms with Crippen molar-refractivity contribution in [3.05, 3.63) is 34.1 Å². The Balaban J connectivity index is 3.10. The van der Waals surface area contributed by atoms with Crippen LogP contribution in [0.15, 0.2) is 12.1 Å². The van der Waals surface area contributed by atoms with Crippen molar-refractivity contribution in [2.24, 2.45) is 0 Å². The molecule has 1 aromatic carbocycles. The van der Waals surface area contributed by atoms with Crippen molar-refractivity contribution < 1.29 is 23.9 Å². The van der Waals surface area contributed by atoms with E-state index in [4.69, 9.17) is 16.7 Å². The molecule has 8 heteroatoms. The predicted octanol–water partition coefficient (Wildman–Crippen LogP) is 1.84. The molecule has 0 aliphatic carbocycles. The molecule has 0 saturated carbocycles. The second-order valence-electron chi connectivity index (χ2n) is 5.05. The Labute approximate surface area is 138 Å². The third-order valence-corrected chi connectivity index (χ3v) is 3.78. The standard InChI is InChI=1S/C15H18ClFN2O4/c1-8-4-5-11(13(17)12(8)16)14(21)19(9(2)15(22)23)7-6-18-10(3)20/h4-5,9H,6-7H2,1-3H3,(H,18,20)(H,22,23). The fraction of sp³-hybridized carbons (Fsp3) is 0.400. The summed E-state index contributed by atoms with van der Waals surface area (Å²) in [7, 11) is 0. The van der Waals surface area contributed by atoms with Gasteiger partial charge in [-0.15, -0.1) is 0 Å². The molecule has 0 bridgehead atoms. The Morgan fingerprint density at radius 1 is 1.39 bits per heavy atom. The summed E-state index contributed by atoms with van der Waals surface area (Å²) in [5.74, 6) is -3.24. The Morgan fingerprint density at radius 2 is 2.00 bits per heavy atom. The van der Waals surface area contributed by atoms with Gasteiger partial charge in [-0.05, 0) is 25.5 Å². The Kier molecular flexibility index (Phi) is 6.50. The van der Waals surface area contributed by atoms with E-state index in [1.807, 2.05) is 0 Å². The van der Waals surface area contributed by atoms with Crippen molar-refractivity contribution in [3.63, 3.8) is 0 Å². The van der Waals surface area contributed by atoms with Crippen LogP contribution in [0.4, 0.5) is 4.39 Å². The Bertz CT molecular complexity index is 636. The molecule has 6 nitrogen and oxygen atoms in total. The minimum Gasteiger partial charge on any atom is -0.480 e. The van der Waals surface area contributed by atoms with Crippen molar-refractivity contribution in [3.8, 4) is 0 Å². The maximum atomic E-state index is 14.2. The molecule has 1 unspecified atom stereocenters. The van der Waals surface area contributed by atoms with Gasteiger partial charge in [0.05, 0.1) is 10.6 Å². The highest BCUT2D eigenvalue weighted by atomic mass is 35.5. The zero-order chi connectivity index (χ0) is 17.7. The van der Waals surface area contributed by atoms with Gasteiger partial charge in [0.15, 0.2) is 5.82 Å². The molecule has 126 valence electrons. The maximum absolute atomic E-state index is 14.2. The molecular weight excluding hydrogens is 327 g/mol. The monoisotopic (exact) mass is 344 g/mol. The first-order chi connectivity index (χ1) is 10.7. The van der Waals surface area contributed by atoms with Gasteiger partial charge in [-0.3, -0.25) is 9.59 Å². The predicted molar refractivity (Wildman–Crippen MR) is 83.0 cm³/mol. The van der Waals surface area contributed by atoms with Crippen molar-refractivity contribution in [2.45, 2.75) is 26.8 Å². The summed E-state index contributed by atoms with van der Waals surface area (Å²) in [5.41, 5.74) is 0.160. The number of aryl methyl sites for hydroxylation is 1. The van der Waals surface area contributed by atoms with E-state index >= 15 is 0 Å². The third-order valence-electron chi connectivity index (χ3n) is 3.32. The van der Waals surface area contributed by atoms with E-state index in [0.29, 0.717) is 5.56 Å². The number of rotatable bonds is 6. The fourth-order valence-corrected chi connectivity index (χ4v) is 2.09. The SMILES string of the molecule is CC(=O)NCCN(C(=O)c1ccc(C)c(Cl)c1F)C(C)C(=O)O. The number of nitrogens with one attached hydrogen (secondary N) is 1. The van der Waals surface area contributed by atoms with Crippen molar-refractivity contribution in [1.29, 1.82) is 0 Å². The van der Waals surface area contributed by atoms with Gasteiger partial charge < -0.3 is 15.3 Å². The molecule has 2 amide bonds. The van der Waals surface area contributed by atoms with Crippen LogP contribution in [0.5, 0.6) is 0 Å². The van der Waals surface area contributed by atoms with Crippen LogP contribution >= 0.6 is 11.6 Å². The lowest BCUT2D eigenvalue weighted by atomic mass is 10.1. The van der Waals surface area contributed by atoms with E-state index in [-0.39, 0.29) is 29.6 Å². The normalized spacial score (nSPS) is 11.7. The number of halogens is 2. The number of carbonyl (C=O) groups is 3. The number of aliphatic carboxylic acids is 1. The van der Waals surface area contributed by atoms with Crippen LogP contribution < -0.4 is 5.32 Å². The number of hydrogen-bond donors (Lipinski definition) is 2. The van der Waals surface area contributed by atoms with Crippen LogP contribution in [0, 0.1) is 12.7 Å². The summed E-state index contributed by atoms with van der Waals surface area (Å²) in [4.78, 5) is 35.6. The molecule has 0 aliphatic heterocycles. The molecule has 2 N–H and O–H groups in total. The minimum atomic E-state index is -1.24. The summed E-state index contributed by atoms with van der Waals surface area (Å²) < 4.78 is 14.2. The van der Waals surface area contributed by atoms with E-state index in [9.17, 15) is 18.8 Å². The van der Waals surface area contributed by atoms with Gasteiger partial charge in [-0.25, -0.2) is 9.18 Å². The average molecular weight is 345 g/mol. The summed E-state index contributed by atoms with van der Waals surface area (Å²) >= 11 is 5.80. The van der Waals surface area contributed by atoms with Gasteiger partial charge >= 0.3 is 5.97 Å². The third kappa shape index (κ3) is 4.66. The van der Waals surface area contributed by atoms with E-state index in [0.717, 1.165) is 4.90 Å². The number of benzene rings is 1. The molecule has 0 radical (unpaired) electrons. The average Bonchev–Trinajstić information content (AvgIpc) is 2.47. The summed E-state index contributed by atoms with van der Waals surface area (Å²) in [5, 5.41) is 11.4. The zero-order valence-electron chi connectivity index (χ0n) is 13.0. The van der Waals surface area contributed by atoms with Gasteiger partial charge in [0.1, 0.15) is 6.04 Å². The quantitative estimate of drug-likeness (QED) is 0.824. The molecule has 0 saturated heterocycles. The second kappa shape index (κ2) is 7.92. The lowest BCUT2D eigenvalue weighted by molar-refractivity contribution is -0.141. The first-order valence-electron chi connectivity index (χ1n) is 6.89. The minimum absolute atomic E-state index is 0.0555. The first-order valence-corrected chi connectivity index (χ1v) is 7.27. The van der Waals surface area contributed by atoms with Crippen LogP contribution in [0.2, 0.25) is 5.02 Å². The van der Waals surface area contributed by atoms with Gasteiger partial charge in [0.2, 0.25) is 5.91 Å². The molecule has 0 aliphatic rings. The van der Waals surface area contributed by atoms with Crippen LogP contribution in [0.3, 0.4) is 0 Å². The highest BCUT2D eigenvalue weighted by molar-refractivity contribution is 6.31. The molecule has 1 rings (SSSR count). The Morgan fingerprint density at radius 3 is 2.52 bits per heavy atom. The van der Waals surface area contributed by atoms with Crippen LogP contribution in [0.1, 0.15) is 29.8 Å². The lowest BCUT2D eigenvalue weighted by Crippen LogP contribution is -2.47. The van der Waals surface area contributed by atoms with Crippen LogP contribution in [-0.2, 0) is 9.59 Å². The first kappa shape index (κ1) is 18.9. The highest BCUT2D eigenvalue weighted by Crippen LogP contribution is 2.24. The number of carboxylic acids is 1. The lowest BCUT2D eigenvalue weighted by Gasteiger charge is -2.27. The molecule has 0 spiro atoms. The van der Waals surface area contributed by atoms with E-state index < -0.39 is 23.7 Å². The number of hydrogen-bond acceptors (Lipinski definition) is 3. The van der Waals surface area contributed by atoms with E-state index in [2.05, 4.69) is 5.32 Å². The molecule has 1 aromatic rings. The summed E-state index contributed by atoms with van der Waals surface area (Å²) in [6.07, 6.45) is 0. The van der Waals surface area contributed by atoms with E-state index in [1.54, 1.807) is 6.92 Å². The molecule has 23 heavy (non-hydrogen) atoms. The van der Waals surface area contributed by atoms with Crippen molar-refractivity contribution in [1.82, 2.24) is 10.2 Å². The topological polar surface area (TPSA) is 86.7 Å². The second-order valence-corrected chi connectivity index (χ2v) is 5.43. The largest absolute Gasteiger partial charge is 0.480 e. The van der Waals surface area contributed by atoms with Gasteiger partial charge in [-0.1, -0.05) is 17.7 Å². The molecule has 0 fully saturated rings. The zero-order valence-corrected chi connectivity index (χ0v) is 13.8. The number of amides is 2. The number of carboxylic acid groups (broad SMARTS) is 1. The fourth-order valence-electron chi connectivity index (χ4n) is 1.92. The number of nitrogens with zero attached hydrogens (tertiary/aromatic N) is 1. The number of carbonyl (C=O) groups excluding carboxylic acids is 2. The van der Waals surface area contributed by atoms with E-state index in [1.165, 1.54) is 26.0 Å². The molecule has 1 atom stereocenters. The van der Waals surface area contributed by atoms with Crippen molar-refractivity contribution >= 4 is 29.4 Å². The molecule has 0 heterocycles. The smallest absolute Gasteiger partial charge is 0.326 e. The molecular formula is C15H18ClFN2O4. The Hall–Kier alpha value is -2.15. The summed E-state index contributed by atoms with van der Waals surface area (Å²) in [6.45, 7) is 4.18. The van der Waals surface area contributed by atoms with Gasteiger partial charge in [-0.2, -0.15) is 0 Å².